The van der Waals surface area contributed by atoms with Gasteiger partial charge in [0.15, 0.2) is 11.5 Å². The molecule has 1 aliphatic rings. The fourth-order valence-electron chi connectivity index (χ4n) is 3.31. The Morgan fingerprint density at radius 1 is 1.08 bits per heavy atom. The van der Waals surface area contributed by atoms with E-state index in [9.17, 15) is 15.0 Å². The van der Waals surface area contributed by atoms with Gasteiger partial charge in [0.1, 0.15) is 0 Å². The van der Waals surface area contributed by atoms with Gasteiger partial charge in [-0.25, -0.2) is 0 Å². The number of carbonyl (C=O) groups excluding carboxylic acids is 1. The van der Waals surface area contributed by atoms with Crippen molar-refractivity contribution in [3.8, 4) is 11.5 Å². The van der Waals surface area contributed by atoms with Crippen molar-refractivity contribution < 1.29 is 15.0 Å². The second-order valence-corrected chi connectivity index (χ2v) is 7.16. The Balaban J connectivity index is 1.56. The molecule has 1 unspecified atom stereocenters. The van der Waals surface area contributed by atoms with E-state index in [2.05, 4.69) is 4.90 Å². The Bertz CT molecular complexity index is 788. The van der Waals surface area contributed by atoms with Gasteiger partial charge in [-0.05, 0) is 42.3 Å². The van der Waals surface area contributed by atoms with Crippen molar-refractivity contribution in [2.75, 3.05) is 31.1 Å². The highest BCUT2D eigenvalue weighted by Gasteiger charge is 2.25. The van der Waals surface area contributed by atoms with E-state index in [1.807, 2.05) is 36.1 Å². The largest absolute Gasteiger partial charge is 0.504 e. The van der Waals surface area contributed by atoms with E-state index in [1.54, 1.807) is 6.07 Å². The molecule has 1 fully saturated rings. The summed E-state index contributed by atoms with van der Waals surface area (Å²) in [5, 5.41) is 19.7. The lowest BCUT2D eigenvalue weighted by Gasteiger charge is -2.37. The van der Waals surface area contributed by atoms with Gasteiger partial charge in [-0.15, -0.1) is 0 Å². The zero-order chi connectivity index (χ0) is 18.7. The number of hydrogen-bond donors (Lipinski definition) is 2. The molecule has 2 N–H and O–H groups in total. The van der Waals surface area contributed by atoms with Crippen LogP contribution < -0.4 is 4.90 Å². The SMILES string of the molecule is CC(Cc1ccc(O)c(O)c1)C(=O)N1CCN(c2cccc(Cl)c2)CC1. The smallest absolute Gasteiger partial charge is 0.225 e. The summed E-state index contributed by atoms with van der Waals surface area (Å²) in [7, 11) is 0. The van der Waals surface area contributed by atoms with Crippen molar-refractivity contribution in [3.05, 3.63) is 53.1 Å². The number of anilines is 1. The van der Waals surface area contributed by atoms with Gasteiger partial charge in [-0.2, -0.15) is 0 Å². The third-order valence-corrected chi connectivity index (χ3v) is 5.00. The van der Waals surface area contributed by atoms with Gasteiger partial charge < -0.3 is 20.0 Å². The minimum Gasteiger partial charge on any atom is -0.504 e. The number of rotatable bonds is 4. The Morgan fingerprint density at radius 2 is 1.81 bits per heavy atom. The molecule has 3 rings (SSSR count). The topological polar surface area (TPSA) is 64.0 Å². The molecular formula is C20H23ClN2O3. The number of piperazine rings is 1. The van der Waals surface area contributed by atoms with Crippen molar-refractivity contribution in [3.63, 3.8) is 0 Å². The lowest BCUT2D eigenvalue weighted by molar-refractivity contribution is -0.135. The van der Waals surface area contributed by atoms with Crippen LogP contribution in [-0.4, -0.2) is 47.2 Å². The highest BCUT2D eigenvalue weighted by Crippen LogP contribution is 2.26. The zero-order valence-corrected chi connectivity index (χ0v) is 15.5. The Labute approximate surface area is 158 Å². The van der Waals surface area contributed by atoms with Gasteiger partial charge >= 0.3 is 0 Å². The summed E-state index contributed by atoms with van der Waals surface area (Å²) in [4.78, 5) is 16.9. The lowest BCUT2D eigenvalue weighted by atomic mass is 9.99. The van der Waals surface area contributed by atoms with Crippen LogP contribution in [0.3, 0.4) is 0 Å². The maximum Gasteiger partial charge on any atom is 0.225 e. The molecule has 0 aliphatic carbocycles. The van der Waals surface area contributed by atoms with Crippen LogP contribution in [0.4, 0.5) is 5.69 Å². The van der Waals surface area contributed by atoms with Gasteiger partial charge in [0.05, 0.1) is 0 Å². The van der Waals surface area contributed by atoms with Crippen molar-refractivity contribution in [2.24, 2.45) is 5.92 Å². The fraction of sp³-hybridized carbons (Fsp3) is 0.350. The molecule has 138 valence electrons. The molecule has 5 nitrogen and oxygen atoms in total. The minimum atomic E-state index is -0.184. The van der Waals surface area contributed by atoms with Gasteiger partial charge in [-0.3, -0.25) is 4.79 Å². The summed E-state index contributed by atoms with van der Waals surface area (Å²) < 4.78 is 0. The standard InChI is InChI=1S/C20H23ClN2O3/c1-14(11-15-5-6-18(24)19(25)12-15)20(26)23-9-7-22(8-10-23)17-4-2-3-16(21)13-17/h2-6,12-14,24-25H,7-11H2,1H3. The van der Waals surface area contributed by atoms with Crippen LogP contribution in [0, 0.1) is 5.92 Å². The van der Waals surface area contributed by atoms with E-state index in [-0.39, 0.29) is 23.3 Å². The highest BCUT2D eigenvalue weighted by atomic mass is 35.5. The number of aromatic hydroxyl groups is 2. The molecule has 2 aromatic rings. The Kier molecular flexibility index (Phi) is 5.57. The van der Waals surface area contributed by atoms with Crippen molar-refractivity contribution in [1.82, 2.24) is 4.90 Å². The van der Waals surface area contributed by atoms with Gasteiger partial charge in [0.25, 0.3) is 0 Å². The van der Waals surface area contributed by atoms with E-state index >= 15 is 0 Å². The maximum atomic E-state index is 12.7. The molecule has 1 atom stereocenters. The van der Waals surface area contributed by atoms with Crippen molar-refractivity contribution in [1.29, 1.82) is 0 Å². The molecule has 0 radical (unpaired) electrons. The minimum absolute atomic E-state index is 0.114. The van der Waals surface area contributed by atoms with E-state index in [0.717, 1.165) is 24.3 Å². The summed E-state index contributed by atoms with van der Waals surface area (Å²) in [5.41, 5.74) is 1.91. The first kappa shape index (κ1) is 18.4. The summed E-state index contributed by atoms with van der Waals surface area (Å²) in [6.07, 6.45) is 0.529. The molecule has 1 heterocycles. The monoisotopic (exact) mass is 374 g/mol. The fourth-order valence-corrected chi connectivity index (χ4v) is 3.49. The second kappa shape index (κ2) is 7.87. The molecule has 0 aromatic heterocycles. The van der Waals surface area contributed by atoms with Gasteiger partial charge in [0.2, 0.25) is 5.91 Å². The molecule has 0 bridgehead atoms. The second-order valence-electron chi connectivity index (χ2n) is 6.72. The number of hydrogen-bond acceptors (Lipinski definition) is 4. The quantitative estimate of drug-likeness (QED) is 0.806. The van der Waals surface area contributed by atoms with Crippen molar-refractivity contribution >= 4 is 23.2 Å². The maximum absolute atomic E-state index is 12.7. The highest BCUT2D eigenvalue weighted by molar-refractivity contribution is 6.30. The molecule has 1 aliphatic heterocycles. The summed E-state index contributed by atoms with van der Waals surface area (Å²) >= 11 is 6.06. The number of phenols is 2. The lowest BCUT2D eigenvalue weighted by Crippen LogP contribution is -2.50. The third kappa shape index (κ3) is 4.22. The first-order chi connectivity index (χ1) is 12.4. The molecular weight excluding hydrogens is 352 g/mol. The van der Waals surface area contributed by atoms with E-state index in [0.29, 0.717) is 24.5 Å². The third-order valence-electron chi connectivity index (χ3n) is 4.77. The molecule has 1 amide bonds. The Hall–Kier alpha value is -2.40. The van der Waals surface area contributed by atoms with Crippen LogP contribution in [-0.2, 0) is 11.2 Å². The van der Waals surface area contributed by atoms with Gasteiger partial charge in [-0.1, -0.05) is 30.7 Å². The van der Waals surface area contributed by atoms with Crippen LogP contribution in [0.1, 0.15) is 12.5 Å². The predicted octanol–water partition coefficient (Wildman–Crippen LogP) is 3.28. The number of halogens is 1. The first-order valence-electron chi connectivity index (χ1n) is 8.74. The normalized spacial score (nSPS) is 15.8. The molecule has 0 spiro atoms. The number of benzene rings is 2. The van der Waals surface area contributed by atoms with E-state index < -0.39 is 0 Å². The van der Waals surface area contributed by atoms with E-state index in [4.69, 9.17) is 11.6 Å². The van der Waals surface area contributed by atoms with Crippen LogP contribution in [0.15, 0.2) is 42.5 Å². The number of nitrogens with zero attached hydrogens (tertiary/aromatic N) is 2. The predicted molar refractivity (Wildman–Crippen MR) is 103 cm³/mol. The zero-order valence-electron chi connectivity index (χ0n) is 14.7. The van der Waals surface area contributed by atoms with Crippen LogP contribution in [0.2, 0.25) is 5.02 Å². The summed E-state index contributed by atoms with van der Waals surface area (Å²) in [6, 6.07) is 12.5. The molecule has 0 saturated carbocycles. The van der Waals surface area contributed by atoms with Crippen LogP contribution in [0.5, 0.6) is 11.5 Å². The van der Waals surface area contributed by atoms with E-state index in [1.165, 1.54) is 12.1 Å². The molecule has 2 aromatic carbocycles. The van der Waals surface area contributed by atoms with Gasteiger partial charge in [0, 0.05) is 42.8 Å². The van der Waals surface area contributed by atoms with Crippen LogP contribution in [0.25, 0.3) is 0 Å². The first-order valence-corrected chi connectivity index (χ1v) is 9.12. The molecule has 6 heteroatoms. The number of phenolic OH excluding ortho intramolecular Hbond substituents is 2. The average Bonchev–Trinajstić information content (AvgIpc) is 2.64. The number of amides is 1. The average molecular weight is 375 g/mol. The van der Waals surface area contributed by atoms with Crippen LogP contribution >= 0.6 is 11.6 Å². The Morgan fingerprint density at radius 3 is 2.46 bits per heavy atom. The van der Waals surface area contributed by atoms with Crippen molar-refractivity contribution in [2.45, 2.75) is 13.3 Å². The summed E-state index contributed by atoms with van der Waals surface area (Å²) in [5.74, 6) is -0.373. The summed E-state index contributed by atoms with van der Waals surface area (Å²) in [6.45, 7) is 4.81. The molecule has 1 saturated heterocycles. The number of carbonyl (C=O) groups is 1. The molecule has 26 heavy (non-hydrogen) atoms.